The number of amides is 2. The molecule has 38 heavy (non-hydrogen) atoms. The number of likely N-dealkylation sites (N-methyl/N-ethyl adjacent to an activating group) is 1. The third kappa shape index (κ3) is 9.74. The smallest absolute Gasteiger partial charge is 0.295 e. The van der Waals surface area contributed by atoms with Gasteiger partial charge >= 0.3 is 0 Å². The van der Waals surface area contributed by atoms with E-state index in [4.69, 9.17) is 14.2 Å². The van der Waals surface area contributed by atoms with Crippen LogP contribution in [0, 0.1) is 0 Å². The van der Waals surface area contributed by atoms with Crippen molar-refractivity contribution in [2.24, 2.45) is 5.10 Å². The molecule has 2 aromatic carbocycles. The summed E-state index contributed by atoms with van der Waals surface area (Å²) in [6, 6.07) is 9.40. The van der Waals surface area contributed by atoms with Crippen LogP contribution in [0.2, 0.25) is 0 Å². The molecule has 2 aromatic rings. The molecule has 0 aromatic heterocycles. The Labute approximate surface area is 223 Å². The van der Waals surface area contributed by atoms with Crippen LogP contribution < -0.4 is 25.0 Å². The summed E-state index contributed by atoms with van der Waals surface area (Å²) in [5, 5.41) is 16.8. The van der Waals surface area contributed by atoms with Crippen LogP contribution in [-0.4, -0.2) is 81.9 Å². The molecule has 0 saturated carbocycles. The van der Waals surface area contributed by atoms with Crippen LogP contribution in [0.4, 0.5) is 5.69 Å². The molecule has 2 rings (SSSR count). The number of ether oxygens (including phenoxy) is 3. The lowest BCUT2D eigenvalue weighted by Gasteiger charge is -2.22. The molecule has 11 nitrogen and oxygen atoms in total. The first-order valence-corrected chi connectivity index (χ1v) is 12.0. The van der Waals surface area contributed by atoms with E-state index in [1.165, 1.54) is 39.5 Å². The molecular weight excluding hydrogens is 492 g/mol. The van der Waals surface area contributed by atoms with Crippen molar-refractivity contribution in [2.45, 2.75) is 25.7 Å². The molecule has 206 valence electrons. The number of hydrogen-bond acceptors (Lipinski definition) is 8. The topological polar surface area (TPSA) is 136 Å². The molecule has 0 aliphatic heterocycles. The highest BCUT2D eigenvalue weighted by atomic mass is 16.5. The minimum atomic E-state index is -0.295. The Hall–Kier alpha value is -4.12. The number of methoxy groups -OCH3 is 3. The number of benzene rings is 2. The fourth-order valence-corrected chi connectivity index (χ4v) is 3.51. The van der Waals surface area contributed by atoms with E-state index in [2.05, 4.69) is 15.8 Å². The first-order valence-electron chi connectivity index (χ1n) is 12.0. The number of phenols is 1. The third-order valence-corrected chi connectivity index (χ3v) is 5.37. The number of hydrogen-bond donors (Lipinski definition) is 3. The molecule has 0 atom stereocenters. The summed E-state index contributed by atoms with van der Waals surface area (Å²) in [4.78, 5) is 37.8. The van der Waals surface area contributed by atoms with E-state index < -0.39 is 0 Å². The van der Waals surface area contributed by atoms with Gasteiger partial charge in [0, 0.05) is 23.8 Å². The molecule has 0 heterocycles. The number of quaternary nitrogens is 1. The molecule has 0 saturated heterocycles. The molecule has 2 amide bonds. The number of phenolic OH excluding ortho intramolecular Hbond substituents is 1. The Morgan fingerprint density at radius 2 is 1.61 bits per heavy atom. The highest BCUT2D eigenvalue weighted by Gasteiger charge is 2.17. The van der Waals surface area contributed by atoms with Crippen LogP contribution >= 0.6 is 0 Å². The Morgan fingerprint density at radius 3 is 2.24 bits per heavy atom. The van der Waals surface area contributed by atoms with Crippen LogP contribution in [-0.2, 0) is 9.59 Å². The van der Waals surface area contributed by atoms with E-state index >= 15 is 0 Å². The van der Waals surface area contributed by atoms with Crippen LogP contribution in [0.3, 0.4) is 0 Å². The monoisotopic (exact) mass is 529 g/mol. The number of carbonyl (C=O) groups is 3. The highest BCUT2D eigenvalue weighted by Crippen LogP contribution is 2.29. The maximum absolute atomic E-state index is 12.9. The summed E-state index contributed by atoms with van der Waals surface area (Å²) in [6.45, 7) is 0.199. The van der Waals surface area contributed by atoms with E-state index in [9.17, 15) is 19.5 Å². The number of anilines is 1. The average molecular weight is 530 g/mol. The van der Waals surface area contributed by atoms with Crippen molar-refractivity contribution in [3.63, 3.8) is 0 Å². The average Bonchev–Trinajstić information content (AvgIpc) is 2.86. The molecule has 0 aliphatic rings. The lowest BCUT2D eigenvalue weighted by Crippen LogP contribution is -2.43. The minimum Gasteiger partial charge on any atom is -0.504 e. The van der Waals surface area contributed by atoms with Gasteiger partial charge in [0.25, 0.3) is 5.91 Å². The maximum Gasteiger partial charge on any atom is 0.295 e. The summed E-state index contributed by atoms with van der Waals surface area (Å²) in [6.07, 6.45) is 0.750. The second kappa shape index (κ2) is 14.0. The van der Waals surface area contributed by atoms with Gasteiger partial charge in [-0.3, -0.25) is 14.4 Å². The number of aromatic hydroxyl groups is 1. The van der Waals surface area contributed by atoms with Gasteiger partial charge < -0.3 is 29.1 Å². The lowest BCUT2D eigenvalue weighted by atomic mass is 10.0. The van der Waals surface area contributed by atoms with Gasteiger partial charge in [-0.05, 0) is 43.2 Å². The molecule has 11 heteroatoms. The summed E-state index contributed by atoms with van der Waals surface area (Å²) in [5.41, 5.74) is 3.75. The first kappa shape index (κ1) is 30.1. The van der Waals surface area contributed by atoms with Crippen molar-refractivity contribution in [3.05, 3.63) is 42.0 Å². The van der Waals surface area contributed by atoms with E-state index in [-0.39, 0.29) is 48.5 Å². The Morgan fingerprint density at radius 1 is 0.895 bits per heavy atom. The number of ketones is 1. The predicted molar refractivity (Wildman–Crippen MR) is 144 cm³/mol. The van der Waals surface area contributed by atoms with Crippen molar-refractivity contribution in [2.75, 3.05) is 54.3 Å². The van der Waals surface area contributed by atoms with Gasteiger partial charge in [0.05, 0.1) is 54.6 Å². The molecule has 0 unspecified atom stereocenters. The first-order chi connectivity index (χ1) is 17.9. The second-order valence-corrected chi connectivity index (χ2v) is 9.62. The van der Waals surface area contributed by atoms with Crippen LogP contribution in [0.1, 0.15) is 36.0 Å². The van der Waals surface area contributed by atoms with Gasteiger partial charge in [-0.1, -0.05) is 0 Å². The standard InChI is InChI=1S/C27H36N4O7/c1-31(2,3)17-27(35)30-29-19(15-23(33)18-10-12-22(32)25(14-18)38-6)8-7-9-26(34)28-21-16-20(36-4)11-13-24(21)37-5/h10-14,16H,7-9,15,17H2,1-6H3,(H2-,28,30,32,33,34,35)/p+1/b29-19-. The van der Waals surface area contributed by atoms with Gasteiger partial charge in [0.2, 0.25) is 5.91 Å². The number of Topliss-reactive ketones (excluding diaryl/α,β-unsaturated/α-hetero) is 1. The van der Waals surface area contributed by atoms with E-state index in [0.29, 0.717) is 45.8 Å². The second-order valence-electron chi connectivity index (χ2n) is 9.62. The lowest BCUT2D eigenvalue weighted by molar-refractivity contribution is -0.862. The zero-order chi connectivity index (χ0) is 28.3. The van der Waals surface area contributed by atoms with Crippen molar-refractivity contribution in [1.29, 1.82) is 0 Å². The molecule has 0 bridgehead atoms. The van der Waals surface area contributed by atoms with Gasteiger partial charge in [-0.15, -0.1) is 0 Å². The molecule has 0 aliphatic carbocycles. The SMILES string of the molecule is COc1ccc(OC)c(NC(=O)CCC/C(CC(=O)c2ccc(O)c(OC)c2)=N/NC(=O)C[N+](C)(C)C)c1. The summed E-state index contributed by atoms with van der Waals surface area (Å²) >= 11 is 0. The molecule has 0 spiro atoms. The number of nitrogens with one attached hydrogen (secondary N) is 2. The number of rotatable bonds is 14. The Balaban J connectivity index is 2.09. The fourth-order valence-electron chi connectivity index (χ4n) is 3.51. The zero-order valence-electron chi connectivity index (χ0n) is 22.8. The number of hydrazone groups is 1. The molecule has 3 N–H and O–H groups in total. The van der Waals surface area contributed by atoms with Crippen molar-refractivity contribution < 1.29 is 38.2 Å². The van der Waals surface area contributed by atoms with Crippen LogP contribution in [0.25, 0.3) is 0 Å². The fraction of sp³-hybridized carbons (Fsp3) is 0.407. The molecule has 0 fully saturated rings. The molecular formula is C27H37N4O7+. The van der Waals surface area contributed by atoms with Crippen LogP contribution in [0.15, 0.2) is 41.5 Å². The van der Waals surface area contributed by atoms with Crippen molar-refractivity contribution in [3.8, 4) is 23.0 Å². The highest BCUT2D eigenvalue weighted by molar-refractivity contribution is 6.10. The summed E-state index contributed by atoms with van der Waals surface area (Å²) < 4.78 is 16.0. The van der Waals surface area contributed by atoms with Crippen LogP contribution in [0.5, 0.6) is 23.0 Å². The number of nitrogens with zero attached hydrogens (tertiary/aromatic N) is 2. The van der Waals surface area contributed by atoms with Gasteiger partial charge in [-0.2, -0.15) is 5.10 Å². The normalized spacial score (nSPS) is 11.5. The van der Waals surface area contributed by atoms with Crippen molar-refractivity contribution >= 4 is 29.0 Å². The largest absolute Gasteiger partial charge is 0.504 e. The van der Waals surface area contributed by atoms with E-state index in [1.807, 2.05) is 21.1 Å². The third-order valence-electron chi connectivity index (χ3n) is 5.37. The number of carbonyl (C=O) groups excluding carboxylic acids is 3. The Bertz CT molecular complexity index is 1170. The minimum absolute atomic E-state index is 0.0795. The summed E-state index contributed by atoms with van der Waals surface area (Å²) in [5.74, 6) is 0.352. The van der Waals surface area contributed by atoms with E-state index in [0.717, 1.165) is 0 Å². The van der Waals surface area contributed by atoms with E-state index in [1.54, 1.807) is 18.2 Å². The van der Waals surface area contributed by atoms with Gasteiger partial charge in [0.1, 0.15) is 11.5 Å². The summed E-state index contributed by atoms with van der Waals surface area (Å²) in [7, 11) is 10.1. The quantitative estimate of drug-likeness (QED) is 0.148. The zero-order valence-corrected chi connectivity index (χ0v) is 22.8. The van der Waals surface area contributed by atoms with Crippen molar-refractivity contribution in [1.82, 2.24) is 5.43 Å². The Kier molecular flexibility index (Phi) is 11.1. The molecule has 0 radical (unpaired) electrons. The van der Waals surface area contributed by atoms with Gasteiger partial charge in [-0.25, -0.2) is 5.43 Å². The van der Waals surface area contributed by atoms with Gasteiger partial charge in [0.15, 0.2) is 23.8 Å². The maximum atomic E-state index is 12.9. The predicted octanol–water partition coefficient (Wildman–Crippen LogP) is 2.98.